The number of halogens is 1. The Kier molecular flexibility index (Phi) is 3.93. The molecule has 0 amide bonds. The second-order valence-corrected chi connectivity index (χ2v) is 4.84. The van der Waals surface area contributed by atoms with Gasteiger partial charge in [-0.3, -0.25) is 4.98 Å². The van der Waals surface area contributed by atoms with Crippen molar-refractivity contribution in [2.45, 2.75) is 19.8 Å². The smallest absolute Gasteiger partial charge is 0.231 e. The third kappa shape index (κ3) is 2.68. The number of hydrogen-bond acceptors (Lipinski definition) is 5. The van der Waals surface area contributed by atoms with Gasteiger partial charge in [0.15, 0.2) is 0 Å². The SMILES string of the molecule is CC(C)C(CN)c1nc(-c2ccc(Cl)cn2)no1. The van der Waals surface area contributed by atoms with Crippen molar-refractivity contribution in [3.8, 4) is 11.5 Å². The molecule has 1 atom stereocenters. The molecule has 2 heterocycles. The van der Waals surface area contributed by atoms with Gasteiger partial charge in [0.25, 0.3) is 0 Å². The van der Waals surface area contributed by atoms with Gasteiger partial charge in [-0.1, -0.05) is 30.6 Å². The van der Waals surface area contributed by atoms with E-state index in [2.05, 4.69) is 29.0 Å². The van der Waals surface area contributed by atoms with Crippen molar-refractivity contribution < 1.29 is 4.52 Å². The first-order valence-corrected chi connectivity index (χ1v) is 6.15. The van der Waals surface area contributed by atoms with E-state index >= 15 is 0 Å². The second-order valence-electron chi connectivity index (χ2n) is 4.40. The van der Waals surface area contributed by atoms with Crippen LogP contribution in [0.15, 0.2) is 22.9 Å². The summed E-state index contributed by atoms with van der Waals surface area (Å²) in [5.74, 6) is 1.43. The zero-order valence-corrected chi connectivity index (χ0v) is 11.1. The summed E-state index contributed by atoms with van der Waals surface area (Å²) in [6.07, 6.45) is 1.55. The van der Waals surface area contributed by atoms with Crippen LogP contribution < -0.4 is 5.73 Å². The molecule has 0 aliphatic carbocycles. The lowest BCUT2D eigenvalue weighted by atomic mass is 9.96. The summed E-state index contributed by atoms with van der Waals surface area (Å²) in [5, 5.41) is 4.49. The van der Waals surface area contributed by atoms with Gasteiger partial charge in [0.05, 0.1) is 10.9 Å². The van der Waals surface area contributed by atoms with Gasteiger partial charge in [-0.05, 0) is 18.1 Å². The minimum Gasteiger partial charge on any atom is -0.339 e. The largest absolute Gasteiger partial charge is 0.339 e. The monoisotopic (exact) mass is 266 g/mol. The van der Waals surface area contributed by atoms with Crippen molar-refractivity contribution in [2.24, 2.45) is 11.7 Å². The molecule has 0 radical (unpaired) electrons. The fraction of sp³-hybridized carbons (Fsp3) is 0.417. The van der Waals surface area contributed by atoms with Crippen LogP contribution in [0.1, 0.15) is 25.7 Å². The summed E-state index contributed by atoms with van der Waals surface area (Å²) in [7, 11) is 0. The van der Waals surface area contributed by atoms with E-state index in [1.165, 1.54) is 0 Å². The highest BCUT2D eigenvalue weighted by atomic mass is 35.5. The molecule has 6 heteroatoms. The van der Waals surface area contributed by atoms with Gasteiger partial charge < -0.3 is 10.3 Å². The lowest BCUT2D eigenvalue weighted by Crippen LogP contribution is -2.18. The number of pyridine rings is 1. The Bertz CT molecular complexity index is 509. The highest BCUT2D eigenvalue weighted by Gasteiger charge is 2.21. The van der Waals surface area contributed by atoms with Crippen LogP contribution in [-0.2, 0) is 0 Å². The highest BCUT2D eigenvalue weighted by molar-refractivity contribution is 6.30. The van der Waals surface area contributed by atoms with Crippen LogP contribution in [0.25, 0.3) is 11.5 Å². The molecule has 18 heavy (non-hydrogen) atoms. The number of nitrogens with zero attached hydrogens (tertiary/aromatic N) is 3. The summed E-state index contributed by atoms with van der Waals surface area (Å²) < 4.78 is 5.25. The van der Waals surface area contributed by atoms with E-state index in [9.17, 15) is 0 Å². The van der Waals surface area contributed by atoms with Gasteiger partial charge in [0, 0.05) is 12.7 Å². The second kappa shape index (κ2) is 5.46. The fourth-order valence-corrected chi connectivity index (χ4v) is 1.77. The Hall–Kier alpha value is -1.46. The lowest BCUT2D eigenvalue weighted by Gasteiger charge is -2.13. The first kappa shape index (κ1) is 13.0. The van der Waals surface area contributed by atoms with Crippen LogP contribution in [0.3, 0.4) is 0 Å². The van der Waals surface area contributed by atoms with Crippen molar-refractivity contribution in [3.05, 3.63) is 29.2 Å². The van der Waals surface area contributed by atoms with Crippen LogP contribution in [0.4, 0.5) is 0 Å². The standard InChI is InChI=1S/C12H15ClN4O/c1-7(2)9(5-14)12-16-11(17-18-12)10-4-3-8(13)6-15-10/h3-4,6-7,9H,5,14H2,1-2H3. The summed E-state index contributed by atoms with van der Waals surface area (Å²) in [4.78, 5) is 8.48. The van der Waals surface area contributed by atoms with E-state index < -0.39 is 0 Å². The average molecular weight is 267 g/mol. The molecule has 1 unspecified atom stereocenters. The highest BCUT2D eigenvalue weighted by Crippen LogP contribution is 2.24. The molecule has 2 rings (SSSR count). The predicted octanol–water partition coefficient (Wildman–Crippen LogP) is 2.48. The number of nitrogens with two attached hydrogens (primary N) is 1. The van der Waals surface area contributed by atoms with Gasteiger partial charge in [-0.2, -0.15) is 4.98 Å². The molecule has 0 saturated carbocycles. The van der Waals surface area contributed by atoms with Crippen molar-refractivity contribution in [1.82, 2.24) is 15.1 Å². The molecular weight excluding hydrogens is 252 g/mol. The minimum absolute atomic E-state index is 0.0681. The van der Waals surface area contributed by atoms with Gasteiger partial charge in [0.2, 0.25) is 11.7 Å². The Labute approximate surface area is 110 Å². The van der Waals surface area contributed by atoms with Crippen molar-refractivity contribution in [2.75, 3.05) is 6.54 Å². The van der Waals surface area contributed by atoms with Crippen LogP contribution in [-0.4, -0.2) is 21.7 Å². The van der Waals surface area contributed by atoms with Crippen LogP contribution in [0.5, 0.6) is 0 Å². The molecule has 0 aliphatic heterocycles. The zero-order valence-electron chi connectivity index (χ0n) is 10.3. The predicted molar refractivity (Wildman–Crippen MR) is 69.2 cm³/mol. The first-order chi connectivity index (χ1) is 8.61. The minimum atomic E-state index is 0.0681. The fourth-order valence-electron chi connectivity index (χ4n) is 1.66. The Morgan fingerprint density at radius 1 is 1.39 bits per heavy atom. The van der Waals surface area contributed by atoms with Crippen molar-refractivity contribution >= 4 is 11.6 Å². The summed E-state index contributed by atoms with van der Waals surface area (Å²) in [5.41, 5.74) is 6.35. The molecule has 0 aromatic carbocycles. The topological polar surface area (TPSA) is 77.8 Å². The lowest BCUT2D eigenvalue weighted by molar-refractivity contribution is 0.324. The van der Waals surface area contributed by atoms with E-state index in [1.807, 2.05) is 0 Å². The summed E-state index contributed by atoms with van der Waals surface area (Å²) in [6.45, 7) is 4.62. The normalized spacial score (nSPS) is 12.9. The van der Waals surface area contributed by atoms with Crippen molar-refractivity contribution in [3.63, 3.8) is 0 Å². The molecule has 0 fully saturated rings. The third-order valence-electron chi connectivity index (χ3n) is 2.77. The maximum atomic E-state index is 5.78. The molecule has 2 aromatic heterocycles. The molecular formula is C12H15ClN4O. The average Bonchev–Trinajstić information content (AvgIpc) is 2.80. The van der Waals surface area contributed by atoms with E-state index in [-0.39, 0.29) is 5.92 Å². The zero-order chi connectivity index (χ0) is 13.1. The molecule has 96 valence electrons. The van der Waals surface area contributed by atoms with Crippen molar-refractivity contribution in [1.29, 1.82) is 0 Å². The third-order valence-corrected chi connectivity index (χ3v) is 3.00. The molecule has 0 spiro atoms. The Morgan fingerprint density at radius 3 is 2.72 bits per heavy atom. The van der Waals surface area contributed by atoms with Gasteiger partial charge in [0.1, 0.15) is 5.69 Å². The Balaban J connectivity index is 2.27. The molecule has 5 nitrogen and oxygen atoms in total. The first-order valence-electron chi connectivity index (χ1n) is 5.77. The maximum Gasteiger partial charge on any atom is 0.231 e. The Morgan fingerprint density at radius 2 is 2.17 bits per heavy atom. The van der Waals surface area contributed by atoms with E-state index in [0.717, 1.165) is 0 Å². The molecule has 0 aliphatic rings. The van der Waals surface area contributed by atoms with E-state index in [4.69, 9.17) is 21.9 Å². The summed E-state index contributed by atoms with van der Waals surface area (Å²) in [6, 6.07) is 3.49. The summed E-state index contributed by atoms with van der Waals surface area (Å²) >= 11 is 5.78. The van der Waals surface area contributed by atoms with Gasteiger partial charge >= 0.3 is 0 Å². The van der Waals surface area contributed by atoms with E-state index in [0.29, 0.717) is 34.9 Å². The van der Waals surface area contributed by atoms with Crippen LogP contribution in [0, 0.1) is 5.92 Å². The van der Waals surface area contributed by atoms with Gasteiger partial charge in [-0.15, -0.1) is 0 Å². The van der Waals surface area contributed by atoms with Crippen LogP contribution in [0.2, 0.25) is 5.02 Å². The number of hydrogen-bond donors (Lipinski definition) is 1. The quantitative estimate of drug-likeness (QED) is 0.920. The molecule has 0 saturated heterocycles. The maximum absolute atomic E-state index is 5.78. The van der Waals surface area contributed by atoms with Gasteiger partial charge in [-0.25, -0.2) is 0 Å². The molecule has 2 N–H and O–H groups in total. The van der Waals surface area contributed by atoms with Crippen LogP contribution >= 0.6 is 11.6 Å². The molecule has 0 bridgehead atoms. The number of rotatable bonds is 4. The van der Waals surface area contributed by atoms with E-state index in [1.54, 1.807) is 18.3 Å². The number of aromatic nitrogens is 3. The molecule has 2 aromatic rings.